The van der Waals surface area contributed by atoms with E-state index >= 15 is 0 Å². The first kappa shape index (κ1) is 19.9. The maximum Gasteiger partial charge on any atom is 0.263 e. The lowest BCUT2D eigenvalue weighted by Gasteiger charge is -2.34. The van der Waals surface area contributed by atoms with Crippen LogP contribution < -0.4 is 5.32 Å². The Morgan fingerprint density at radius 1 is 0.966 bits per heavy atom. The number of carbonyl (C=O) groups excluding carboxylic acids is 2. The number of piperazine rings is 1. The Labute approximate surface area is 178 Å². The van der Waals surface area contributed by atoms with Gasteiger partial charge in [-0.25, -0.2) is 0 Å². The predicted molar refractivity (Wildman–Crippen MR) is 117 cm³/mol. The van der Waals surface area contributed by atoms with Gasteiger partial charge in [0.2, 0.25) is 5.91 Å². The molecule has 5 nitrogen and oxygen atoms in total. The number of hydrogen-bond acceptors (Lipinski definition) is 4. The second kappa shape index (κ2) is 8.95. The van der Waals surface area contributed by atoms with Crippen molar-refractivity contribution in [2.75, 3.05) is 32.7 Å². The highest BCUT2D eigenvalue weighted by molar-refractivity contribution is 7.21. The van der Waals surface area contributed by atoms with E-state index in [1.54, 1.807) is 0 Å². The van der Waals surface area contributed by atoms with E-state index in [1.165, 1.54) is 16.9 Å². The molecule has 4 rings (SSSR count). The lowest BCUT2D eigenvalue weighted by molar-refractivity contribution is -0.131. The minimum Gasteiger partial charge on any atom is -0.342 e. The van der Waals surface area contributed by atoms with Gasteiger partial charge in [0.05, 0.1) is 11.6 Å². The fourth-order valence-electron chi connectivity index (χ4n) is 3.51. The molecule has 1 aliphatic heterocycles. The summed E-state index contributed by atoms with van der Waals surface area (Å²) >= 11 is 7.69. The van der Waals surface area contributed by atoms with Crippen LogP contribution in [0.25, 0.3) is 10.1 Å². The number of nitrogens with one attached hydrogen (secondary N) is 1. The second-order valence-corrected chi connectivity index (χ2v) is 8.50. The lowest BCUT2D eigenvalue weighted by Crippen LogP contribution is -2.50. The van der Waals surface area contributed by atoms with E-state index in [9.17, 15) is 9.59 Å². The quantitative estimate of drug-likeness (QED) is 0.676. The van der Waals surface area contributed by atoms with Gasteiger partial charge < -0.3 is 10.2 Å². The Hall–Kier alpha value is -2.41. The SMILES string of the molecule is O=C(NCC(=O)N1CCN(Cc2ccccc2)CC1)c1sc2ccccc2c1Cl. The Morgan fingerprint density at radius 3 is 2.38 bits per heavy atom. The van der Waals surface area contributed by atoms with Crippen LogP contribution >= 0.6 is 22.9 Å². The molecule has 2 heterocycles. The summed E-state index contributed by atoms with van der Waals surface area (Å²) in [6, 6.07) is 18.0. The Kier molecular flexibility index (Phi) is 6.13. The highest BCUT2D eigenvalue weighted by atomic mass is 35.5. The average molecular weight is 428 g/mol. The largest absolute Gasteiger partial charge is 0.342 e. The van der Waals surface area contributed by atoms with Crippen LogP contribution in [0.2, 0.25) is 5.02 Å². The molecule has 0 spiro atoms. The van der Waals surface area contributed by atoms with Crippen molar-refractivity contribution < 1.29 is 9.59 Å². The molecule has 0 radical (unpaired) electrons. The van der Waals surface area contributed by atoms with E-state index in [2.05, 4.69) is 22.3 Å². The number of hydrogen-bond donors (Lipinski definition) is 1. The first-order valence-electron chi connectivity index (χ1n) is 9.61. The Balaban J connectivity index is 1.27. The maximum atomic E-state index is 12.5. The number of nitrogens with zero attached hydrogens (tertiary/aromatic N) is 2. The Morgan fingerprint density at radius 2 is 1.66 bits per heavy atom. The summed E-state index contributed by atoms with van der Waals surface area (Å²) in [5.41, 5.74) is 1.28. The van der Waals surface area contributed by atoms with Gasteiger partial charge in [-0.3, -0.25) is 14.5 Å². The molecule has 0 atom stereocenters. The lowest BCUT2D eigenvalue weighted by atomic mass is 10.2. The van der Waals surface area contributed by atoms with E-state index in [0.717, 1.165) is 29.7 Å². The van der Waals surface area contributed by atoms with Crippen LogP contribution in [0.4, 0.5) is 0 Å². The summed E-state index contributed by atoms with van der Waals surface area (Å²) in [6.45, 7) is 3.88. The summed E-state index contributed by atoms with van der Waals surface area (Å²) in [4.78, 5) is 29.6. The van der Waals surface area contributed by atoms with E-state index in [1.807, 2.05) is 47.4 Å². The first-order chi connectivity index (χ1) is 14.1. The molecule has 2 amide bonds. The third-order valence-corrected chi connectivity index (χ3v) is 6.79. The van der Waals surface area contributed by atoms with Crippen LogP contribution in [0.3, 0.4) is 0 Å². The maximum absolute atomic E-state index is 12.5. The molecule has 150 valence electrons. The van der Waals surface area contributed by atoms with E-state index in [0.29, 0.717) is 23.0 Å². The van der Waals surface area contributed by atoms with Crippen LogP contribution in [0.5, 0.6) is 0 Å². The van der Waals surface area contributed by atoms with Gasteiger partial charge >= 0.3 is 0 Å². The molecular formula is C22H22ClN3O2S. The molecule has 7 heteroatoms. The monoisotopic (exact) mass is 427 g/mol. The average Bonchev–Trinajstić information content (AvgIpc) is 3.10. The molecule has 0 saturated carbocycles. The number of fused-ring (bicyclic) bond motifs is 1. The number of thiophene rings is 1. The van der Waals surface area contributed by atoms with Crippen molar-refractivity contribution in [2.24, 2.45) is 0 Å². The van der Waals surface area contributed by atoms with Crippen LogP contribution in [0.1, 0.15) is 15.2 Å². The molecule has 1 fully saturated rings. The normalized spacial score (nSPS) is 14.9. The highest BCUT2D eigenvalue weighted by Gasteiger charge is 2.23. The molecule has 29 heavy (non-hydrogen) atoms. The van der Waals surface area contributed by atoms with E-state index < -0.39 is 0 Å². The molecule has 1 aliphatic rings. The summed E-state index contributed by atoms with van der Waals surface area (Å²) in [5, 5.41) is 4.05. The van der Waals surface area contributed by atoms with Crippen molar-refractivity contribution in [1.82, 2.24) is 15.1 Å². The number of benzene rings is 2. The number of amides is 2. The van der Waals surface area contributed by atoms with Crippen molar-refractivity contribution in [2.45, 2.75) is 6.54 Å². The van der Waals surface area contributed by atoms with Gasteiger partial charge in [0, 0.05) is 42.8 Å². The van der Waals surface area contributed by atoms with Crippen LogP contribution in [-0.2, 0) is 11.3 Å². The van der Waals surface area contributed by atoms with Gasteiger partial charge in [0.15, 0.2) is 0 Å². The summed E-state index contributed by atoms with van der Waals surface area (Å²) in [7, 11) is 0. The molecular weight excluding hydrogens is 406 g/mol. The zero-order valence-electron chi connectivity index (χ0n) is 15.9. The Bertz CT molecular complexity index is 1010. The summed E-state index contributed by atoms with van der Waals surface area (Å²) < 4.78 is 0.962. The third-order valence-electron chi connectivity index (χ3n) is 5.12. The van der Waals surface area contributed by atoms with Crippen molar-refractivity contribution >= 4 is 44.8 Å². The zero-order chi connectivity index (χ0) is 20.2. The van der Waals surface area contributed by atoms with E-state index in [4.69, 9.17) is 11.6 Å². The van der Waals surface area contributed by atoms with Gasteiger partial charge in [-0.2, -0.15) is 0 Å². The molecule has 0 unspecified atom stereocenters. The van der Waals surface area contributed by atoms with E-state index in [-0.39, 0.29) is 18.4 Å². The number of halogens is 1. The molecule has 0 bridgehead atoms. The topological polar surface area (TPSA) is 52.7 Å². The standard InChI is InChI=1S/C22H22ClN3O2S/c23-20-17-8-4-5-9-18(17)29-21(20)22(28)24-14-19(27)26-12-10-25(11-13-26)15-16-6-2-1-3-7-16/h1-9H,10-15H2,(H,24,28). The number of rotatable bonds is 5. The highest BCUT2D eigenvalue weighted by Crippen LogP contribution is 2.34. The summed E-state index contributed by atoms with van der Waals surface area (Å²) in [5.74, 6) is -0.359. The predicted octanol–water partition coefficient (Wildman–Crippen LogP) is 3.63. The fourth-order valence-corrected chi connectivity index (χ4v) is 4.94. The smallest absolute Gasteiger partial charge is 0.263 e. The first-order valence-corrected chi connectivity index (χ1v) is 10.8. The molecule has 1 saturated heterocycles. The minimum atomic E-state index is -0.299. The van der Waals surface area contributed by atoms with Gasteiger partial charge in [-0.1, -0.05) is 60.1 Å². The minimum absolute atomic E-state index is 0.0118. The van der Waals surface area contributed by atoms with Gasteiger partial charge in [0.25, 0.3) is 5.91 Å². The molecule has 3 aromatic rings. The van der Waals surface area contributed by atoms with Crippen LogP contribution in [0, 0.1) is 0 Å². The number of carbonyl (C=O) groups is 2. The molecule has 0 aliphatic carbocycles. The van der Waals surface area contributed by atoms with Crippen LogP contribution in [-0.4, -0.2) is 54.3 Å². The second-order valence-electron chi connectivity index (χ2n) is 7.07. The molecule has 1 aromatic heterocycles. The third kappa shape index (κ3) is 4.61. The summed E-state index contributed by atoms with van der Waals surface area (Å²) in [6.07, 6.45) is 0. The van der Waals surface area contributed by atoms with Crippen molar-refractivity contribution in [3.05, 3.63) is 70.1 Å². The molecule has 2 aromatic carbocycles. The zero-order valence-corrected chi connectivity index (χ0v) is 17.5. The van der Waals surface area contributed by atoms with Crippen molar-refractivity contribution in [3.8, 4) is 0 Å². The van der Waals surface area contributed by atoms with Gasteiger partial charge in [0.1, 0.15) is 4.88 Å². The molecule has 1 N–H and O–H groups in total. The fraction of sp³-hybridized carbons (Fsp3) is 0.273. The van der Waals surface area contributed by atoms with Gasteiger partial charge in [-0.05, 0) is 11.6 Å². The van der Waals surface area contributed by atoms with Crippen molar-refractivity contribution in [3.63, 3.8) is 0 Å². The van der Waals surface area contributed by atoms with Crippen LogP contribution in [0.15, 0.2) is 54.6 Å². The van der Waals surface area contributed by atoms with Gasteiger partial charge in [-0.15, -0.1) is 11.3 Å². The van der Waals surface area contributed by atoms with Crippen molar-refractivity contribution in [1.29, 1.82) is 0 Å².